The van der Waals surface area contributed by atoms with Gasteiger partial charge in [-0.05, 0) is 42.9 Å². The second kappa shape index (κ2) is 10.7. The molecule has 2 heterocycles. The molecule has 37 heavy (non-hydrogen) atoms. The zero-order chi connectivity index (χ0) is 26.9. The summed E-state index contributed by atoms with van der Waals surface area (Å²) in [6.45, 7) is 13.6. The third-order valence-electron chi connectivity index (χ3n) is 6.97. The van der Waals surface area contributed by atoms with Crippen LogP contribution in [0.1, 0.15) is 66.7 Å². The van der Waals surface area contributed by atoms with Gasteiger partial charge in [-0.2, -0.15) is 0 Å². The van der Waals surface area contributed by atoms with E-state index in [0.29, 0.717) is 55.8 Å². The molecule has 2 aliphatic carbocycles. The SMILES string of the molecule is CC(C)(C)CC(C)(C)COCCCOC1C[C@H]1[P@](=O)(C=O)COC1(Cn2cnc3c(N)ncnc32)CC1. The maximum atomic E-state index is 13.4. The van der Waals surface area contributed by atoms with Gasteiger partial charge in [0.25, 0.3) is 0 Å². The summed E-state index contributed by atoms with van der Waals surface area (Å²) in [5.74, 6) is 0.329. The van der Waals surface area contributed by atoms with Crippen molar-refractivity contribution in [1.82, 2.24) is 19.5 Å². The highest BCUT2D eigenvalue weighted by molar-refractivity contribution is 7.79. The quantitative estimate of drug-likeness (QED) is 0.199. The Hall–Kier alpha value is -1.87. The average molecular weight is 536 g/mol. The number of hydrogen-bond acceptors (Lipinski definition) is 9. The summed E-state index contributed by atoms with van der Waals surface area (Å²) in [7, 11) is -3.15. The van der Waals surface area contributed by atoms with E-state index in [1.165, 1.54) is 6.33 Å². The lowest BCUT2D eigenvalue weighted by Crippen LogP contribution is -2.26. The number of rotatable bonds is 15. The molecule has 11 heteroatoms. The molecule has 0 amide bonds. The number of imidazole rings is 1. The third kappa shape index (κ3) is 7.37. The first-order valence-electron chi connectivity index (χ1n) is 13.1. The highest BCUT2D eigenvalue weighted by atomic mass is 31.2. The van der Waals surface area contributed by atoms with E-state index >= 15 is 0 Å². The maximum Gasteiger partial charge on any atom is 0.181 e. The summed E-state index contributed by atoms with van der Waals surface area (Å²) in [5.41, 5.74) is 6.74. The molecule has 0 radical (unpaired) electrons. The zero-order valence-corrected chi connectivity index (χ0v) is 23.7. The van der Waals surface area contributed by atoms with Crippen molar-refractivity contribution in [3.05, 3.63) is 12.7 Å². The lowest BCUT2D eigenvalue weighted by atomic mass is 9.77. The standard InChI is InChI=1S/C26H42N5O5P/c1-24(2,3)12-25(4,5)14-34-9-6-10-35-19-11-20(19)37(33,17-32)18-36-26(7-8-26)13-31-16-30-21-22(27)28-15-29-23(21)31/h15-17,19-20H,6-14,18H2,1-5H3,(H2,27,28,29)/t19?,20-,37+/m1/s1. The van der Waals surface area contributed by atoms with Crippen LogP contribution in [0.4, 0.5) is 5.82 Å². The average Bonchev–Trinajstić information content (AvgIpc) is 3.72. The normalized spacial score (nSPS) is 22.6. The van der Waals surface area contributed by atoms with Gasteiger partial charge in [0.05, 0.1) is 31.2 Å². The van der Waals surface area contributed by atoms with Crippen molar-refractivity contribution in [1.29, 1.82) is 0 Å². The smallest absolute Gasteiger partial charge is 0.181 e. The highest BCUT2D eigenvalue weighted by Gasteiger charge is 2.54. The molecule has 3 atom stereocenters. The Morgan fingerprint density at radius 2 is 1.95 bits per heavy atom. The van der Waals surface area contributed by atoms with Crippen molar-refractivity contribution in [2.24, 2.45) is 10.8 Å². The van der Waals surface area contributed by atoms with Crippen LogP contribution in [0.2, 0.25) is 0 Å². The molecule has 2 aromatic rings. The van der Waals surface area contributed by atoms with Crippen LogP contribution < -0.4 is 5.73 Å². The van der Waals surface area contributed by atoms with Crippen LogP contribution in [0, 0.1) is 10.8 Å². The highest BCUT2D eigenvalue weighted by Crippen LogP contribution is 2.61. The van der Waals surface area contributed by atoms with Gasteiger partial charge in [-0.15, -0.1) is 0 Å². The van der Waals surface area contributed by atoms with E-state index in [2.05, 4.69) is 49.6 Å². The predicted molar refractivity (Wildman–Crippen MR) is 143 cm³/mol. The van der Waals surface area contributed by atoms with Crippen LogP contribution in [0.5, 0.6) is 0 Å². The molecule has 1 unspecified atom stereocenters. The van der Waals surface area contributed by atoms with Gasteiger partial charge < -0.3 is 29.1 Å². The molecule has 2 fully saturated rings. The molecule has 10 nitrogen and oxygen atoms in total. The van der Waals surface area contributed by atoms with Gasteiger partial charge in [0, 0.05) is 18.9 Å². The number of nitrogens with two attached hydrogens (primary N) is 1. The Bertz CT molecular complexity index is 1140. The molecular formula is C26H42N5O5P. The number of fused-ring (bicyclic) bond motifs is 1. The van der Waals surface area contributed by atoms with E-state index in [4.69, 9.17) is 19.9 Å². The van der Waals surface area contributed by atoms with Crippen LogP contribution in [0.25, 0.3) is 11.2 Å². The van der Waals surface area contributed by atoms with E-state index in [-0.39, 0.29) is 28.9 Å². The van der Waals surface area contributed by atoms with E-state index < -0.39 is 12.7 Å². The molecule has 2 saturated carbocycles. The van der Waals surface area contributed by atoms with Gasteiger partial charge in [0.1, 0.15) is 18.2 Å². The minimum atomic E-state index is -3.15. The number of carbonyl (C=O) groups excluding carboxylic acids is 1. The fraction of sp³-hybridized carbons (Fsp3) is 0.769. The first kappa shape index (κ1) is 28.1. The first-order valence-corrected chi connectivity index (χ1v) is 15.2. The monoisotopic (exact) mass is 535 g/mol. The Morgan fingerprint density at radius 3 is 2.62 bits per heavy atom. The van der Waals surface area contributed by atoms with Crippen molar-refractivity contribution in [2.75, 3.05) is 31.9 Å². The summed E-state index contributed by atoms with van der Waals surface area (Å²) in [4.78, 5) is 24.4. The molecule has 4 rings (SSSR count). The molecule has 2 N–H and O–H groups in total. The van der Waals surface area contributed by atoms with E-state index in [9.17, 15) is 9.36 Å². The van der Waals surface area contributed by atoms with Gasteiger partial charge in [0.2, 0.25) is 0 Å². The number of anilines is 1. The second-order valence-corrected chi connectivity index (χ2v) is 15.6. The summed E-state index contributed by atoms with van der Waals surface area (Å²) < 4.78 is 33.2. The largest absolute Gasteiger partial charge is 0.382 e. The number of ether oxygens (including phenoxy) is 3. The van der Waals surface area contributed by atoms with Crippen molar-refractivity contribution < 1.29 is 23.6 Å². The fourth-order valence-corrected chi connectivity index (χ4v) is 7.38. The topological polar surface area (TPSA) is 131 Å². The number of nitrogens with zero attached hydrogens (tertiary/aromatic N) is 4. The predicted octanol–water partition coefficient (Wildman–Crippen LogP) is 4.50. The van der Waals surface area contributed by atoms with Gasteiger partial charge in [0.15, 0.2) is 24.6 Å². The molecule has 0 spiro atoms. The number of carbonyl (C=O) groups is 1. The molecule has 206 valence electrons. The van der Waals surface area contributed by atoms with Crippen LogP contribution in [0.3, 0.4) is 0 Å². The minimum absolute atomic E-state index is 0.0588. The lowest BCUT2D eigenvalue weighted by molar-refractivity contribution is 0.0240. The fourth-order valence-electron chi connectivity index (χ4n) is 5.28. The third-order valence-corrected chi connectivity index (χ3v) is 9.53. The maximum absolute atomic E-state index is 13.4. The van der Waals surface area contributed by atoms with E-state index in [1.807, 2.05) is 4.57 Å². The number of hydrogen-bond donors (Lipinski definition) is 1. The number of aromatic nitrogens is 4. The Labute approximate surface area is 219 Å². The van der Waals surface area contributed by atoms with Crippen LogP contribution in [0.15, 0.2) is 12.7 Å². The summed E-state index contributed by atoms with van der Waals surface area (Å²) >= 11 is 0. The minimum Gasteiger partial charge on any atom is -0.382 e. The molecule has 0 saturated heterocycles. The summed E-state index contributed by atoms with van der Waals surface area (Å²) in [6.07, 6.45) is 7.00. The van der Waals surface area contributed by atoms with E-state index in [0.717, 1.165) is 25.7 Å². The van der Waals surface area contributed by atoms with Crippen molar-refractivity contribution in [2.45, 2.75) is 90.6 Å². The van der Waals surface area contributed by atoms with Crippen LogP contribution in [-0.4, -0.2) is 69.1 Å². The zero-order valence-electron chi connectivity index (χ0n) is 22.8. The van der Waals surface area contributed by atoms with E-state index in [1.54, 1.807) is 6.33 Å². The van der Waals surface area contributed by atoms with Crippen molar-refractivity contribution >= 4 is 30.2 Å². The number of nitrogen functional groups attached to an aromatic ring is 1. The Morgan fingerprint density at radius 1 is 1.19 bits per heavy atom. The molecular weight excluding hydrogens is 493 g/mol. The van der Waals surface area contributed by atoms with Gasteiger partial charge in [-0.3, -0.25) is 4.79 Å². The van der Waals surface area contributed by atoms with Crippen molar-refractivity contribution in [3.8, 4) is 0 Å². The molecule has 0 bridgehead atoms. The molecule has 2 aliphatic rings. The van der Waals surface area contributed by atoms with Gasteiger partial charge >= 0.3 is 0 Å². The Balaban J connectivity index is 1.18. The lowest BCUT2D eigenvalue weighted by Gasteiger charge is -2.32. The first-order chi connectivity index (χ1) is 17.4. The summed E-state index contributed by atoms with van der Waals surface area (Å²) in [6, 6.07) is 0.609. The summed E-state index contributed by atoms with van der Waals surface area (Å²) in [5, 5.41) is 0. The second-order valence-electron chi connectivity index (χ2n) is 12.7. The van der Waals surface area contributed by atoms with Gasteiger partial charge in [-0.25, -0.2) is 15.0 Å². The molecule has 0 aromatic carbocycles. The van der Waals surface area contributed by atoms with Crippen molar-refractivity contribution in [3.63, 3.8) is 0 Å². The van der Waals surface area contributed by atoms with Gasteiger partial charge in [-0.1, -0.05) is 34.6 Å². The Kier molecular flexibility index (Phi) is 8.15. The van der Waals surface area contributed by atoms with Crippen LogP contribution in [-0.2, 0) is 30.1 Å². The van der Waals surface area contributed by atoms with Crippen LogP contribution >= 0.6 is 7.14 Å². The molecule has 2 aromatic heterocycles. The molecule has 0 aliphatic heterocycles.